The number of anilines is 1. The molecule has 2 rings (SSSR count). The predicted molar refractivity (Wildman–Crippen MR) is 65.5 cm³/mol. The minimum absolute atomic E-state index is 0.0312. The number of nitrogens with one attached hydrogen (secondary N) is 1. The summed E-state index contributed by atoms with van der Waals surface area (Å²) in [5.41, 5.74) is -0.168. The first-order valence-electron chi connectivity index (χ1n) is 5.37. The molecule has 3 nitrogen and oxygen atoms in total. The Balaban J connectivity index is 2.26. The number of carbonyl (C=O) groups excluding carboxylic acids is 1. The molecule has 94 valence electrons. The Hall–Kier alpha value is -2.74. The van der Waals surface area contributed by atoms with Crippen molar-refractivity contribution in [1.82, 2.24) is 0 Å². The van der Waals surface area contributed by atoms with Gasteiger partial charge in [0.25, 0.3) is 5.91 Å². The van der Waals surface area contributed by atoms with Crippen molar-refractivity contribution in [2.24, 2.45) is 0 Å². The Bertz CT molecular complexity index is 677. The van der Waals surface area contributed by atoms with Crippen LogP contribution in [-0.4, -0.2) is 5.91 Å². The van der Waals surface area contributed by atoms with Gasteiger partial charge in [0.15, 0.2) is 0 Å². The van der Waals surface area contributed by atoms with Crippen molar-refractivity contribution >= 4 is 11.6 Å². The third kappa shape index (κ3) is 2.75. The largest absolute Gasteiger partial charge is 0.319 e. The molecule has 0 saturated carbocycles. The minimum atomic E-state index is -0.826. The minimum Gasteiger partial charge on any atom is -0.319 e. The van der Waals surface area contributed by atoms with Gasteiger partial charge in [-0.15, -0.1) is 0 Å². The van der Waals surface area contributed by atoms with E-state index in [9.17, 15) is 13.6 Å². The Morgan fingerprint density at radius 2 is 1.84 bits per heavy atom. The van der Waals surface area contributed by atoms with E-state index in [2.05, 4.69) is 5.32 Å². The van der Waals surface area contributed by atoms with E-state index < -0.39 is 17.5 Å². The Kier molecular flexibility index (Phi) is 3.53. The van der Waals surface area contributed by atoms with Crippen LogP contribution in [0.2, 0.25) is 0 Å². The van der Waals surface area contributed by atoms with Crippen LogP contribution in [0.25, 0.3) is 0 Å². The van der Waals surface area contributed by atoms with Gasteiger partial charge in [0, 0.05) is 0 Å². The average molecular weight is 258 g/mol. The summed E-state index contributed by atoms with van der Waals surface area (Å²) in [5.74, 6) is -2.20. The summed E-state index contributed by atoms with van der Waals surface area (Å²) in [6.45, 7) is 0. The van der Waals surface area contributed by atoms with Gasteiger partial charge in [0.05, 0.1) is 22.9 Å². The molecular weight excluding hydrogens is 250 g/mol. The van der Waals surface area contributed by atoms with Crippen LogP contribution in [0, 0.1) is 23.0 Å². The van der Waals surface area contributed by atoms with Crippen molar-refractivity contribution in [1.29, 1.82) is 5.26 Å². The van der Waals surface area contributed by atoms with Crippen LogP contribution in [0.3, 0.4) is 0 Å². The Labute approximate surface area is 108 Å². The quantitative estimate of drug-likeness (QED) is 0.899. The van der Waals surface area contributed by atoms with Crippen LogP contribution in [-0.2, 0) is 0 Å². The van der Waals surface area contributed by atoms with E-state index in [-0.39, 0.29) is 16.8 Å². The second kappa shape index (κ2) is 5.27. The van der Waals surface area contributed by atoms with Gasteiger partial charge in [-0.05, 0) is 30.3 Å². The zero-order chi connectivity index (χ0) is 13.8. The fourth-order valence-corrected chi connectivity index (χ4v) is 1.52. The lowest BCUT2D eigenvalue weighted by molar-refractivity contribution is 0.102. The highest BCUT2D eigenvalue weighted by molar-refractivity contribution is 6.04. The number of nitriles is 1. The van der Waals surface area contributed by atoms with E-state index in [1.165, 1.54) is 30.3 Å². The lowest BCUT2D eigenvalue weighted by Crippen LogP contribution is -2.14. The fraction of sp³-hybridized carbons (Fsp3) is 0. The normalized spacial score (nSPS) is 9.74. The lowest BCUT2D eigenvalue weighted by Gasteiger charge is -2.07. The van der Waals surface area contributed by atoms with Crippen molar-refractivity contribution in [2.45, 2.75) is 0 Å². The summed E-state index contributed by atoms with van der Waals surface area (Å²) >= 11 is 0. The summed E-state index contributed by atoms with van der Waals surface area (Å²) in [6, 6.07) is 10.8. The molecule has 0 heterocycles. The van der Waals surface area contributed by atoms with Crippen LogP contribution in [0.15, 0.2) is 42.5 Å². The number of rotatable bonds is 2. The first kappa shape index (κ1) is 12.7. The first-order valence-corrected chi connectivity index (χ1v) is 5.37. The molecule has 0 fully saturated rings. The fourth-order valence-electron chi connectivity index (χ4n) is 1.52. The number of para-hydroxylation sites is 1. The third-order valence-corrected chi connectivity index (χ3v) is 2.46. The van der Waals surface area contributed by atoms with E-state index in [4.69, 9.17) is 5.26 Å². The number of amides is 1. The van der Waals surface area contributed by atoms with Gasteiger partial charge in [0.1, 0.15) is 11.6 Å². The second-order valence-corrected chi connectivity index (χ2v) is 3.74. The van der Waals surface area contributed by atoms with Crippen molar-refractivity contribution in [3.63, 3.8) is 0 Å². The second-order valence-electron chi connectivity index (χ2n) is 3.74. The molecule has 0 bridgehead atoms. The molecule has 2 aromatic rings. The highest BCUT2D eigenvalue weighted by Crippen LogP contribution is 2.16. The number of hydrogen-bond acceptors (Lipinski definition) is 2. The maximum absolute atomic E-state index is 13.6. The van der Waals surface area contributed by atoms with E-state index in [0.717, 1.165) is 6.07 Å². The van der Waals surface area contributed by atoms with E-state index >= 15 is 0 Å². The highest BCUT2D eigenvalue weighted by atomic mass is 19.1. The Morgan fingerprint density at radius 3 is 2.47 bits per heavy atom. The summed E-state index contributed by atoms with van der Waals surface area (Å²) in [4.78, 5) is 11.8. The summed E-state index contributed by atoms with van der Waals surface area (Å²) in [5, 5.41) is 10.9. The van der Waals surface area contributed by atoms with Gasteiger partial charge in [-0.25, -0.2) is 8.78 Å². The van der Waals surface area contributed by atoms with Crippen molar-refractivity contribution < 1.29 is 13.6 Å². The van der Waals surface area contributed by atoms with Crippen LogP contribution >= 0.6 is 0 Å². The van der Waals surface area contributed by atoms with Crippen molar-refractivity contribution in [3.05, 3.63) is 65.2 Å². The number of halogens is 2. The number of nitrogens with zero attached hydrogens (tertiary/aromatic N) is 1. The van der Waals surface area contributed by atoms with Crippen LogP contribution in [0.4, 0.5) is 14.5 Å². The molecule has 0 atom stereocenters. The van der Waals surface area contributed by atoms with Crippen LogP contribution in [0.5, 0.6) is 0 Å². The topological polar surface area (TPSA) is 52.9 Å². The summed E-state index contributed by atoms with van der Waals surface area (Å²) < 4.78 is 26.9. The monoisotopic (exact) mass is 258 g/mol. The molecule has 0 radical (unpaired) electrons. The van der Waals surface area contributed by atoms with E-state index in [1.54, 1.807) is 12.1 Å². The molecule has 0 aliphatic rings. The van der Waals surface area contributed by atoms with Gasteiger partial charge in [-0.3, -0.25) is 4.79 Å². The zero-order valence-electron chi connectivity index (χ0n) is 9.65. The molecule has 5 heteroatoms. The maximum Gasteiger partial charge on any atom is 0.258 e. The smallest absolute Gasteiger partial charge is 0.258 e. The molecule has 0 saturated heterocycles. The molecule has 0 aromatic heterocycles. The highest BCUT2D eigenvalue weighted by Gasteiger charge is 2.13. The summed E-state index contributed by atoms with van der Waals surface area (Å²) in [7, 11) is 0. The lowest BCUT2D eigenvalue weighted by atomic mass is 10.1. The molecular formula is C14H8F2N2O. The average Bonchev–Trinajstić information content (AvgIpc) is 2.41. The van der Waals surface area contributed by atoms with E-state index in [1.807, 2.05) is 0 Å². The molecule has 2 aromatic carbocycles. The standard InChI is InChI=1S/C14H8F2N2O/c15-11-3-1-2-4-13(11)18-14(19)10-6-5-9(8-17)7-12(10)16/h1-7H,(H,18,19). The molecule has 1 amide bonds. The molecule has 0 unspecified atom stereocenters. The number of benzene rings is 2. The van der Waals surface area contributed by atoms with Gasteiger partial charge in [0.2, 0.25) is 0 Å². The zero-order valence-corrected chi connectivity index (χ0v) is 9.65. The molecule has 0 aliphatic carbocycles. The third-order valence-electron chi connectivity index (χ3n) is 2.46. The molecule has 1 N–H and O–H groups in total. The molecule has 19 heavy (non-hydrogen) atoms. The number of hydrogen-bond donors (Lipinski definition) is 1. The Morgan fingerprint density at radius 1 is 1.11 bits per heavy atom. The molecule has 0 spiro atoms. The first-order chi connectivity index (χ1) is 9.11. The van der Waals surface area contributed by atoms with Crippen LogP contribution < -0.4 is 5.32 Å². The maximum atomic E-state index is 13.6. The van der Waals surface area contributed by atoms with Gasteiger partial charge in [-0.2, -0.15) is 5.26 Å². The summed E-state index contributed by atoms with van der Waals surface area (Å²) in [6.07, 6.45) is 0. The van der Waals surface area contributed by atoms with Gasteiger partial charge < -0.3 is 5.32 Å². The SMILES string of the molecule is N#Cc1ccc(C(=O)Nc2ccccc2F)c(F)c1. The van der Waals surface area contributed by atoms with Crippen molar-refractivity contribution in [3.8, 4) is 6.07 Å². The molecule has 0 aliphatic heterocycles. The van der Waals surface area contributed by atoms with Gasteiger partial charge >= 0.3 is 0 Å². The van der Waals surface area contributed by atoms with Gasteiger partial charge in [-0.1, -0.05) is 12.1 Å². The van der Waals surface area contributed by atoms with Crippen molar-refractivity contribution in [2.75, 3.05) is 5.32 Å². The van der Waals surface area contributed by atoms with E-state index in [0.29, 0.717) is 0 Å². The predicted octanol–water partition coefficient (Wildman–Crippen LogP) is 3.09. The number of carbonyl (C=O) groups is 1. The van der Waals surface area contributed by atoms with Crippen LogP contribution in [0.1, 0.15) is 15.9 Å².